The van der Waals surface area contributed by atoms with Gasteiger partial charge in [0.15, 0.2) is 0 Å². The Morgan fingerprint density at radius 2 is 2.00 bits per heavy atom. The highest BCUT2D eigenvalue weighted by atomic mass is 31.2. The van der Waals surface area contributed by atoms with Gasteiger partial charge in [-0.05, 0) is 48.4 Å². The van der Waals surface area contributed by atoms with E-state index in [2.05, 4.69) is 5.09 Å². The fraction of sp³-hybridized carbons (Fsp3) is 0.316. The summed E-state index contributed by atoms with van der Waals surface area (Å²) in [5, 5.41) is 14.1. The van der Waals surface area contributed by atoms with Crippen molar-refractivity contribution >= 4 is 19.3 Å². The number of rotatable bonds is 7. The molecule has 1 heterocycles. The van der Waals surface area contributed by atoms with E-state index in [1.165, 1.54) is 23.1 Å². The van der Waals surface area contributed by atoms with Crippen LogP contribution in [0.15, 0.2) is 42.5 Å². The summed E-state index contributed by atoms with van der Waals surface area (Å²) in [5.41, 5.74) is 0.765. The minimum atomic E-state index is -3.38. The van der Waals surface area contributed by atoms with Crippen LogP contribution in [0.1, 0.15) is 22.3 Å². The predicted molar refractivity (Wildman–Crippen MR) is 109 cm³/mol. The van der Waals surface area contributed by atoms with E-state index in [1.807, 2.05) is 0 Å². The number of ether oxygens (including phenoxy) is 1. The molecule has 30 heavy (non-hydrogen) atoms. The average molecular weight is 435 g/mol. The quantitative estimate of drug-likeness (QED) is 0.397. The van der Waals surface area contributed by atoms with E-state index in [1.54, 1.807) is 38.4 Å². The molecule has 1 atom stereocenters. The van der Waals surface area contributed by atoms with Crippen molar-refractivity contribution in [3.8, 4) is 11.5 Å². The third-order valence-electron chi connectivity index (χ3n) is 4.25. The van der Waals surface area contributed by atoms with Gasteiger partial charge in [-0.25, -0.2) is 9.65 Å². The van der Waals surface area contributed by atoms with Crippen LogP contribution >= 0.6 is 7.75 Å². The minimum absolute atomic E-state index is 0.00332. The number of amides is 1. The molecule has 0 aliphatic carbocycles. The van der Waals surface area contributed by atoms with Crippen LogP contribution in [0.3, 0.4) is 0 Å². The fourth-order valence-electron chi connectivity index (χ4n) is 2.69. The minimum Gasteiger partial charge on any atom is -0.450 e. The highest BCUT2D eigenvalue weighted by molar-refractivity contribution is 7.51. The molecule has 1 unspecified atom stereocenters. The smallest absolute Gasteiger partial charge is 0.405 e. The van der Waals surface area contributed by atoms with E-state index in [4.69, 9.17) is 13.8 Å². The van der Waals surface area contributed by atoms with Crippen LogP contribution < -0.4 is 9.82 Å². The van der Waals surface area contributed by atoms with Gasteiger partial charge in [-0.2, -0.15) is 0 Å². The van der Waals surface area contributed by atoms with Crippen LogP contribution in [0.25, 0.3) is 0 Å². The fourth-order valence-corrected chi connectivity index (χ4v) is 4.07. The van der Waals surface area contributed by atoms with Crippen LogP contribution in [-0.4, -0.2) is 43.0 Å². The van der Waals surface area contributed by atoms with Crippen molar-refractivity contribution in [3.05, 3.63) is 63.7 Å². The molecule has 1 aliphatic heterocycles. The number of carbonyl (C=O) groups excluding carboxylic acids is 1. The molecule has 0 aromatic heterocycles. The third-order valence-corrected chi connectivity index (χ3v) is 5.85. The van der Waals surface area contributed by atoms with Gasteiger partial charge in [-0.1, -0.05) is 0 Å². The summed E-state index contributed by atoms with van der Waals surface area (Å²) in [6, 6.07) is 10.5. The van der Waals surface area contributed by atoms with Crippen molar-refractivity contribution in [2.75, 3.05) is 27.2 Å². The molecule has 1 amide bonds. The van der Waals surface area contributed by atoms with Gasteiger partial charge in [-0.15, -0.1) is 0 Å². The van der Waals surface area contributed by atoms with Gasteiger partial charge in [0.1, 0.15) is 5.75 Å². The first-order valence-electron chi connectivity index (χ1n) is 9.18. The Labute approximate surface area is 173 Å². The molecule has 1 saturated heterocycles. The zero-order valence-corrected chi connectivity index (χ0v) is 17.5. The summed E-state index contributed by atoms with van der Waals surface area (Å²) in [6.07, 6.45) is 0.738. The monoisotopic (exact) mass is 435 g/mol. The summed E-state index contributed by atoms with van der Waals surface area (Å²) in [4.78, 5) is 24.2. The van der Waals surface area contributed by atoms with Gasteiger partial charge in [0.2, 0.25) is 5.75 Å². The standard InChI is InChI=1S/C19H22N3O7P/c1-21(2)19(23)15-5-7-16(8-6-15)29-18-12-14(4-9-17(18)22(24)25)13-28-30(26)20-10-3-11-27-30/h4-9,12H,3,10-11,13H2,1-2H3,(H,20,26). The summed E-state index contributed by atoms with van der Waals surface area (Å²) in [7, 11) is -0.0858. The number of benzene rings is 2. The maximum absolute atomic E-state index is 12.4. The van der Waals surface area contributed by atoms with Crippen LogP contribution in [-0.2, 0) is 20.2 Å². The average Bonchev–Trinajstić information content (AvgIpc) is 2.73. The summed E-state index contributed by atoms with van der Waals surface area (Å²) in [6.45, 7) is 0.790. The van der Waals surface area contributed by atoms with E-state index < -0.39 is 12.7 Å². The second kappa shape index (κ2) is 9.36. The van der Waals surface area contributed by atoms with E-state index in [-0.39, 0.29) is 24.0 Å². The van der Waals surface area contributed by atoms with Crippen molar-refractivity contribution < 1.29 is 28.1 Å². The first kappa shape index (κ1) is 21.9. The number of nitro groups is 1. The molecule has 3 rings (SSSR count). The SMILES string of the molecule is CN(C)C(=O)c1ccc(Oc2cc(COP3(=O)NCCCO3)ccc2[N+](=O)[O-])cc1. The molecule has 10 nitrogen and oxygen atoms in total. The van der Waals surface area contributed by atoms with Crippen LogP contribution in [0.5, 0.6) is 11.5 Å². The molecule has 0 saturated carbocycles. The molecule has 2 aromatic carbocycles. The molecule has 160 valence electrons. The van der Waals surface area contributed by atoms with Crippen molar-refractivity contribution in [2.45, 2.75) is 13.0 Å². The van der Waals surface area contributed by atoms with Gasteiger partial charge < -0.3 is 9.64 Å². The normalized spacial score (nSPS) is 18.6. The van der Waals surface area contributed by atoms with Gasteiger partial charge in [0.05, 0.1) is 18.1 Å². The van der Waals surface area contributed by atoms with Crippen LogP contribution in [0, 0.1) is 10.1 Å². The largest absolute Gasteiger partial charge is 0.450 e. The molecule has 1 N–H and O–H groups in total. The van der Waals surface area contributed by atoms with Crippen molar-refractivity contribution in [3.63, 3.8) is 0 Å². The summed E-state index contributed by atoms with van der Waals surface area (Å²) >= 11 is 0. The Kier molecular flexibility index (Phi) is 6.84. The topological polar surface area (TPSA) is 120 Å². The maximum Gasteiger partial charge on any atom is 0.405 e. The summed E-state index contributed by atoms with van der Waals surface area (Å²) < 4.78 is 28.6. The molecule has 1 fully saturated rings. The number of hydrogen-bond donors (Lipinski definition) is 1. The Balaban J connectivity index is 1.77. The Hall–Kier alpha value is -2.78. The highest BCUT2D eigenvalue weighted by Crippen LogP contribution is 2.46. The van der Waals surface area contributed by atoms with Gasteiger partial charge >= 0.3 is 13.4 Å². The van der Waals surface area contributed by atoms with Crippen molar-refractivity contribution in [2.24, 2.45) is 0 Å². The Bertz CT molecular complexity index is 969. The lowest BCUT2D eigenvalue weighted by Gasteiger charge is -2.23. The van der Waals surface area contributed by atoms with E-state index in [9.17, 15) is 19.5 Å². The first-order chi connectivity index (χ1) is 14.3. The molecule has 1 aliphatic rings. The van der Waals surface area contributed by atoms with Gasteiger partial charge in [0.25, 0.3) is 5.91 Å². The van der Waals surface area contributed by atoms with E-state index in [0.29, 0.717) is 30.0 Å². The predicted octanol–water partition coefficient (Wildman–Crippen LogP) is 3.72. The van der Waals surface area contributed by atoms with Gasteiger partial charge in [-0.3, -0.25) is 24.0 Å². The molecule has 0 radical (unpaired) electrons. The second-order valence-electron chi connectivity index (χ2n) is 6.75. The highest BCUT2D eigenvalue weighted by Gasteiger charge is 2.27. The number of hydrogen-bond acceptors (Lipinski definition) is 7. The van der Waals surface area contributed by atoms with Crippen molar-refractivity contribution in [1.29, 1.82) is 0 Å². The summed E-state index contributed by atoms with van der Waals surface area (Å²) in [5.74, 6) is 0.167. The number of carbonyl (C=O) groups is 1. The lowest BCUT2D eigenvalue weighted by atomic mass is 10.2. The van der Waals surface area contributed by atoms with Crippen LogP contribution in [0.4, 0.5) is 5.69 Å². The molecule has 0 bridgehead atoms. The number of nitrogens with zero attached hydrogens (tertiary/aromatic N) is 2. The zero-order chi connectivity index (χ0) is 21.7. The van der Waals surface area contributed by atoms with E-state index in [0.717, 1.165) is 6.42 Å². The third kappa shape index (κ3) is 5.43. The second-order valence-corrected chi connectivity index (χ2v) is 8.58. The first-order valence-corrected chi connectivity index (χ1v) is 10.7. The molecule has 2 aromatic rings. The lowest BCUT2D eigenvalue weighted by molar-refractivity contribution is -0.385. The molecule has 0 spiro atoms. The number of nitro benzene ring substituents is 1. The Morgan fingerprint density at radius 3 is 2.60 bits per heavy atom. The van der Waals surface area contributed by atoms with Crippen molar-refractivity contribution in [1.82, 2.24) is 9.99 Å². The van der Waals surface area contributed by atoms with E-state index >= 15 is 0 Å². The molecular formula is C19H22N3O7P. The Morgan fingerprint density at radius 1 is 1.27 bits per heavy atom. The van der Waals surface area contributed by atoms with Crippen LogP contribution in [0.2, 0.25) is 0 Å². The molecular weight excluding hydrogens is 413 g/mol. The maximum atomic E-state index is 12.4. The number of nitrogens with one attached hydrogen (secondary N) is 1. The zero-order valence-electron chi connectivity index (χ0n) is 16.6. The molecule has 11 heteroatoms. The lowest BCUT2D eigenvalue weighted by Crippen LogP contribution is -2.22. The van der Waals surface area contributed by atoms with Gasteiger partial charge in [0, 0.05) is 32.3 Å².